The first kappa shape index (κ1) is 28.2. The van der Waals surface area contributed by atoms with E-state index in [0.717, 1.165) is 22.5 Å². The van der Waals surface area contributed by atoms with Crippen molar-refractivity contribution in [2.45, 2.75) is 78.2 Å². The molecule has 0 spiro atoms. The van der Waals surface area contributed by atoms with Crippen LogP contribution in [0.1, 0.15) is 76.5 Å². The zero-order valence-corrected chi connectivity index (χ0v) is 25.4. The van der Waals surface area contributed by atoms with Gasteiger partial charge >= 0.3 is 0 Å². The normalized spacial score (nSPS) is 16.2. The van der Waals surface area contributed by atoms with E-state index in [1.54, 1.807) is 13.0 Å². The molecule has 4 aromatic rings. The maximum absolute atomic E-state index is 10.8. The maximum Gasteiger partial charge on any atom is 0.151 e. The molecule has 0 atom stereocenters. The predicted molar refractivity (Wildman–Crippen MR) is 155 cm³/mol. The van der Waals surface area contributed by atoms with Crippen LogP contribution in [0.4, 0.5) is 0 Å². The molecule has 1 radical (unpaired) electrons. The molecule has 0 N–H and O–H groups in total. The Morgan fingerprint density at radius 2 is 1.76 bits per heavy atom. The quantitative estimate of drug-likeness (QED) is 0.160. The first-order chi connectivity index (χ1) is 17.8. The van der Waals surface area contributed by atoms with Crippen molar-refractivity contribution in [1.29, 1.82) is 0 Å². The number of ketones is 1. The van der Waals surface area contributed by atoms with E-state index in [9.17, 15) is 4.79 Å². The Balaban J connectivity index is 0.000000207. The Labute approximate surface area is 240 Å². The Morgan fingerprint density at radius 1 is 1.03 bits per heavy atom. The number of fused-ring (bicyclic) bond motifs is 3. The largest absolute Gasteiger partial charge is 0.685 e. The summed E-state index contributed by atoms with van der Waals surface area (Å²) in [6, 6.07) is 23.4. The fourth-order valence-corrected chi connectivity index (χ4v) is 5.97. The van der Waals surface area contributed by atoms with Crippen LogP contribution in [0.15, 0.2) is 66.4 Å². The third-order valence-corrected chi connectivity index (χ3v) is 7.87. The van der Waals surface area contributed by atoms with Gasteiger partial charge in [-0.3, -0.25) is 9.78 Å². The minimum absolute atomic E-state index is 0. The van der Waals surface area contributed by atoms with Crippen molar-refractivity contribution < 1.29 is 24.9 Å². The zero-order chi connectivity index (χ0) is 26.2. The second kappa shape index (κ2) is 11.5. The number of pyridine rings is 1. The van der Waals surface area contributed by atoms with Gasteiger partial charge in [-0.15, -0.1) is 35.2 Å². The number of hydrogen-bond acceptors (Lipinski definition) is 2. The molecule has 6 rings (SSSR count). The second-order valence-corrected chi connectivity index (χ2v) is 11.1. The van der Waals surface area contributed by atoms with Crippen molar-refractivity contribution in [2.24, 2.45) is 0 Å². The molecule has 1 aromatic heterocycles. The maximum atomic E-state index is 10.8. The minimum atomic E-state index is -0.0689. The van der Waals surface area contributed by atoms with Crippen molar-refractivity contribution in [1.82, 2.24) is 4.98 Å². The molecule has 0 unspecified atom stereocenters. The molecular formula is C34H36IrN2O-2. The van der Waals surface area contributed by atoms with Gasteiger partial charge in [0.05, 0.1) is 5.52 Å². The summed E-state index contributed by atoms with van der Waals surface area (Å²) in [4.78, 5) is 15.8. The molecule has 0 saturated heterocycles. The SMILES string of the molecule is CC(=O)/C=C(/C)[N-]C1CCCCC1.Cc1cccc2nc3c(cc12)C(C)(C)c1cccc2cc[c-]c-3c12.[Ir]. The van der Waals surface area contributed by atoms with E-state index >= 15 is 0 Å². The molecule has 1 fully saturated rings. The average Bonchev–Trinajstić information content (AvgIpc) is 2.87. The van der Waals surface area contributed by atoms with Crippen LogP contribution in [0.2, 0.25) is 0 Å². The fraction of sp³-hybridized carbons (Fsp3) is 0.353. The topological polar surface area (TPSA) is 44.1 Å². The molecule has 3 nitrogen and oxygen atoms in total. The summed E-state index contributed by atoms with van der Waals surface area (Å²) in [5, 5.41) is 8.33. The standard InChI is InChI=1S/C23H18N.C11H19NO.Ir/c1-14-7-4-12-20-17(14)13-19-22(24-20)16-10-5-8-15-9-6-11-18(21(15)16)23(19,2)3;1-9(8-10(2)13)12-11-6-4-3-5-7-11;/h4-9,11-13H,1-3H3;8,11H,3-7H2,1-2H3,(H,12,13);/q-1;;/p-1. The van der Waals surface area contributed by atoms with Crippen molar-refractivity contribution in [3.8, 4) is 11.3 Å². The van der Waals surface area contributed by atoms with E-state index in [1.165, 1.54) is 65.0 Å². The first-order valence-corrected chi connectivity index (χ1v) is 13.5. The van der Waals surface area contributed by atoms with Crippen molar-refractivity contribution in [3.05, 3.63) is 94.4 Å². The molecule has 3 aromatic carbocycles. The van der Waals surface area contributed by atoms with Gasteiger partial charge in [0.25, 0.3) is 0 Å². The summed E-state index contributed by atoms with van der Waals surface area (Å²) in [6.07, 6.45) is 7.95. The Bertz CT molecular complexity index is 1510. The molecule has 2 aliphatic carbocycles. The molecule has 199 valence electrons. The minimum Gasteiger partial charge on any atom is -0.685 e. The third kappa shape index (κ3) is 5.48. The van der Waals surface area contributed by atoms with E-state index in [4.69, 9.17) is 4.98 Å². The summed E-state index contributed by atoms with van der Waals surface area (Å²) >= 11 is 0. The van der Waals surface area contributed by atoms with Crippen molar-refractivity contribution >= 4 is 27.5 Å². The van der Waals surface area contributed by atoms with Gasteiger partial charge in [0.1, 0.15) is 0 Å². The number of nitrogens with zero attached hydrogens (tertiary/aromatic N) is 2. The van der Waals surface area contributed by atoms with Gasteiger partial charge in [-0.1, -0.05) is 106 Å². The molecule has 0 amide bonds. The third-order valence-electron chi connectivity index (χ3n) is 7.87. The van der Waals surface area contributed by atoms with Crippen LogP contribution < -0.4 is 0 Å². The second-order valence-electron chi connectivity index (χ2n) is 11.1. The number of carbonyl (C=O) groups is 1. The van der Waals surface area contributed by atoms with Crippen LogP contribution in [-0.2, 0) is 30.3 Å². The van der Waals surface area contributed by atoms with Gasteiger partial charge in [-0.25, -0.2) is 0 Å². The molecule has 4 heteroatoms. The van der Waals surface area contributed by atoms with Crippen LogP contribution in [-0.4, -0.2) is 16.8 Å². The number of hydrogen-bond donors (Lipinski definition) is 0. The summed E-state index contributed by atoms with van der Waals surface area (Å²) in [6.45, 7) is 10.3. The van der Waals surface area contributed by atoms with E-state index in [0.29, 0.717) is 6.04 Å². The summed E-state index contributed by atoms with van der Waals surface area (Å²) in [5.41, 5.74) is 8.05. The van der Waals surface area contributed by atoms with E-state index in [1.807, 2.05) is 13.0 Å². The van der Waals surface area contributed by atoms with Crippen LogP contribution in [0, 0.1) is 13.0 Å². The van der Waals surface area contributed by atoms with Crippen LogP contribution >= 0.6 is 0 Å². The molecule has 1 saturated carbocycles. The van der Waals surface area contributed by atoms with Crippen LogP contribution in [0.5, 0.6) is 0 Å². The number of rotatable bonds is 3. The van der Waals surface area contributed by atoms with Gasteiger partial charge in [0.2, 0.25) is 0 Å². The molecule has 2 aliphatic rings. The average molecular weight is 681 g/mol. The van der Waals surface area contributed by atoms with Gasteiger partial charge in [0.15, 0.2) is 5.78 Å². The van der Waals surface area contributed by atoms with Crippen LogP contribution in [0.3, 0.4) is 0 Å². The molecular weight excluding hydrogens is 645 g/mol. The Kier molecular flexibility index (Phi) is 8.55. The van der Waals surface area contributed by atoms with Gasteiger partial charge in [-0.2, -0.15) is 5.70 Å². The van der Waals surface area contributed by atoms with Crippen molar-refractivity contribution in [2.75, 3.05) is 0 Å². The zero-order valence-electron chi connectivity index (χ0n) is 23.0. The number of carbonyl (C=O) groups excluding carboxylic acids is 1. The smallest absolute Gasteiger partial charge is 0.151 e. The monoisotopic (exact) mass is 681 g/mol. The van der Waals surface area contributed by atoms with Gasteiger partial charge in [-0.05, 0) is 37.2 Å². The number of allylic oxidation sites excluding steroid dienone is 2. The molecule has 0 bridgehead atoms. The molecule has 0 aliphatic heterocycles. The Hall–Kier alpha value is -2.81. The summed E-state index contributed by atoms with van der Waals surface area (Å²) < 4.78 is 0. The summed E-state index contributed by atoms with van der Waals surface area (Å²) in [7, 11) is 0. The number of aromatic nitrogens is 1. The van der Waals surface area contributed by atoms with Crippen molar-refractivity contribution in [3.63, 3.8) is 0 Å². The van der Waals surface area contributed by atoms with Gasteiger partial charge < -0.3 is 5.32 Å². The van der Waals surface area contributed by atoms with Gasteiger partial charge in [0, 0.05) is 30.9 Å². The van der Waals surface area contributed by atoms with E-state index in [2.05, 4.69) is 80.7 Å². The predicted octanol–water partition coefficient (Wildman–Crippen LogP) is 8.99. The molecule has 38 heavy (non-hydrogen) atoms. The fourth-order valence-electron chi connectivity index (χ4n) is 5.97. The molecule has 1 heterocycles. The number of aryl methyl sites for hydroxylation is 1. The van der Waals surface area contributed by atoms with E-state index in [-0.39, 0.29) is 31.3 Å². The number of benzene rings is 3. The summed E-state index contributed by atoms with van der Waals surface area (Å²) in [5.74, 6) is 0.0945. The van der Waals surface area contributed by atoms with Crippen LogP contribution in [0.25, 0.3) is 38.2 Å². The van der Waals surface area contributed by atoms with E-state index < -0.39 is 0 Å². The Morgan fingerprint density at radius 3 is 2.50 bits per heavy atom. The first-order valence-electron chi connectivity index (χ1n) is 13.5.